The highest BCUT2D eigenvalue weighted by Crippen LogP contribution is 2.26. The molecule has 0 radical (unpaired) electrons. The lowest BCUT2D eigenvalue weighted by Gasteiger charge is -2.20. The van der Waals surface area contributed by atoms with Crippen molar-refractivity contribution in [1.29, 1.82) is 0 Å². The summed E-state index contributed by atoms with van der Waals surface area (Å²) in [5.41, 5.74) is 1.47. The molecule has 0 saturated carbocycles. The van der Waals surface area contributed by atoms with Gasteiger partial charge in [-0.05, 0) is 48.4 Å². The molecule has 1 aromatic carbocycles. The molecule has 5 heteroatoms. The molecule has 20 heavy (non-hydrogen) atoms. The summed E-state index contributed by atoms with van der Waals surface area (Å²) in [7, 11) is 0. The van der Waals surface area contributed by atoms with Crippen molar-refractivity contribution in [1.82, 2.24) is 10.3 Å². The van der Waals surface area contributed by atoms with Crippen LogP contribution in [0.25, 0.3) is 0 Å². The van der Waals surface area contributed by atoms with Crippen LogP contribution in [-0.2, 0) is 6.42 Å². The third kappa shape index (κ3) is 3.69. The molecule has 1 heterocycles. The third-order valence-corrected chi connectivity index (χ3v) is 3.61. The quantitative estimate of drug-likeness (QED) is 0.884. The first-order valence-electron chi connectivity index (χ1n) is 6.38. The number of nitrogens with zero attached hydrogens (tertiary/aromatic N) is 1. The predicted molar refractivity (Wildman–Crippen MR) is 80.8 cm³/mol. The topological polar surface area (TPSA) is 24.9 Å². The molecule has 0 bridgehead atoms. The van der Waals surface area contributed by atoms with E-state index in [0.717, 1.165) is 12.1 Å². The summed E-state index contributed by atoms with van der Waals surface area (Å²) in [6, 6.07) is 6.34. The molecule has 1 unspecified atom stereocenters. The first-order valence-corrected chi connectivity index (χ1v) is 7.14. The average molecular weight is 313 g/mol. The van der Waals surface area contributed by atoms with E-state index in [2.05, 4.69) is 10.3 Å². The summed E-state index contributed by atoms with van der Waals surface area (Å²) in [4.78, 5) is 3.97. The molecule has 0 fully saturated rings. The zero-order valence-corrected chi connectivity index (χ0v) is 12.5. The predicted octanol–water partition coefficient (Wildman–Crippen LogP) is 4.42. The molecule has 1 atom stereocenters. The minimum absolute atomic E-state index is 0.0801. The molecule has 0 aliphatic carbocycles. The van der Waals surface area contributed by atoms with Crippen molar-refractivity contribution in [2.45, 2.75) is 19.4 Å². The van der Waals surface area contributed by atoms with Gasteiger partial charge in [0.05, 0.1) is 5.02 Å². The summed E-state index contributed by atoms with van der Waals surface area (Å²) in [5, 5.41) is 4.41. The standard InChI is InChI=1S/C15H15Cl2FN2/c1-2-20-15(12-5-6-19-9-13(12)17)8-10-7-11(16)3-4-14(10)18/h3-7,9,15,20H,2,8H2,1H3. The van der Waals surface area contributed by atoms with Crippen molar-refractivity contribution in [2.24, 2.45) is 0 Å². The first kappa shape index (κ1) is 15.2. The molecule has 0 saturated heterocycles. The number of benzene rings is 1. The summed E-state index contributed by atoms with van der Waals surface area (Å²) in [6.07, 6.45) is 3.75. The van der Waals surface area contributed by atoms with Gasteiger partial charge in [0.2, 0.25) is 0 Å². The third-order valence-electron chi connectivity index (χ3n) is 3.06. The first-order chi connectivity index (χ1) is 9.61. The normalized spacial score (nSPS) is 12.4. The Labute approximate surface area is 127 Å². The highest BCUT2D eigenvalue weighted by molar-refractivity contribution is 6.31. The lowest BCUT2D eigenvalue weighted by atomic mass is 9.99. The van der Waals surface area contributed by atoms with Crippen LogP contribution in [0, 0.1) is 5.82 Å². The Morgan fingerprint density at radius 3 is 2.80 bits per heavy atom. The molecule has 2 aromatic rings. The molecule has 0 spiro atoms. The lowest BCUT2D eigenvalue weighted by Crippen LogP contribution is -2.23. The number of nitrogens with one attached hydrogen (secondary N) is 1. The molecule has 0 amide bonds. The Morgan fingerprint density at radius 2 is 2.10 bits per heavy atom. The van der Waals surface area contributed by atoms with Gasteiger partial charge < -0.3 is 5.32 Å². The number of pyridine rings is 1. The van der Waals surface area contributed by atoms with Crippen molar-refractivity contribution in [3.8, 4) is 0 Å². The maximum atomic E-state index is 13.9. The smallest absolute Gasteiger partial charge is 0.126 e. The molecule has 1 aromatic heterocycles. The van der Waals surface area contributed by atoms with E-state index < -0.39 is 0 Å². The largest absolute Gasteiger partial charge is 0.310 e. The summed E-state index contributed by atoms with van der Waals surface area (Å²) in [5.74, 6) is -0.262. The van der Waals surface area contributed by atoms with Gasteiger partial charge in [-0.3, -0.25) is 4.98 Å². The van der Waals surface area contributed by atoms with Crippen molar-refractivity contribution in [3.63, 3.8) is 0 Å². The van der Waals surface area contributed by atoms with E-state index in [9.17, 15) is 4.39 Å². The minimum Gasteiger partial charge on any atom is -0.310 e. The molecule has 106 valence electrons. The van der Waals surface area contributed by atoms with Gasteiger partial charge in [0.1, 0.15) is 5.82 Å². The van der Waals surface area contributed by atoms with Crippen LogP contribution in [0.15, 0.2) is 36.7 Å². The van der Waals surface area contributed by atoms with Crippen molar-refractivity contribution >= 4 is 23.2 Å². The van der Waals surface area contributed by atoms with Crippen molar-refractivity contribution in [3.05, 3.63) is 63.6 Å². The highest BCUT2D eigenvalue weighted by atomic mass is 35.5. The molecule has 0 aliphatic heterocycles. The second kappa shape index (κ2) is 7.02. The van der Waals surface area contributed by atoms with E-state index in [-0.39, 0.29) is 11.9 Å². The molecule has 0 aliphatic rings. The second-order valence-corrected chi connectivity index (χ2v) is 5.29. The maximum Gasteiger partial charge on any atom is 0.126 e. The monoisotopic (exact) mass is 312 g/mol. The zero-order valence-electron chi connectivity index (χ0n) is 11.0. The van der Waals surface area contributed by atoms with Crippen molar-refractivity contribution < 1.29 is 4.39 Å². The average Bonchev–Trinajstić information content (AvgIpc) is 2.43. The Hall–Kier alpha value is -1.16. The van der Waals surface area contributed by atoms with Crippen LogP contribution >= 0.6 is 23.2 Å². The fourth-order valence-electron chi connectivity index (χ4n) is 2.13. The molecule has 2 nitrogen and oxygen atoms in total. The van der Waals surface area contributed by atoms with E-state index >= 15 is 0 Å². The summed E-state index contributed by atoms with van der Waals surface area (Å²) in [6.45, 7) is 2.75. The number of hydrogen-bond donors (Lipinski definition) is 1. The zero-order chi connectivity index (χ0) is 14.5. The molecule has 1 N–H and O–H groups in total. The number of halogens is 3. The Morgan fingerprint density at radius 1 is 1.30 bits per heavy atom. The number of aromatic nitrogens is 1. The lowest BCUT2D eigenvalue weighted by molar-refractivity contribution is 0.528. The Kier molecular flexibility index (Phi) is 5.35. The fourth-order valence-corrected chi connectivity index (χ4v) is 2.57. The fraction of sp³-hybridized carbons (Fsp3) is 0.267. The number of hydrogen-bond acceptors (Lipinski definition) is 2. The van der Waals surface area contributed by atoms with Crippen LogP contribution < -0.4 is 5.32 Å². The van der Waals surface area contributed by atoms with Crippen LogP contribution in [0.2, 0.25) is 10.0 Å². The van der Waals surface area contributed by atoms with Crippen LogP contribution in [0.3, 0.4) is 0 Å². The second-order valence-electron chi connectivity index (χ2n) is 4.45. The van der Waals surface area contributed by atoms with Gasteiger partial charge in [0.25, 0.3) is 0 Å². The number of likely N-dealkylation sites (N-methyl/N-ethyl adjacent to an activating group) is 1. The van der Waals surface area contributed by atoms with Crippen LogP contribution in [-0.4, -0.2) is 11.5 Å². The van der Waals surface area contributed by atoms with Crippen LogP contribution in [0.4, 0.5) is 4.39 Å². The van der Waals surface area contributed by atoms with Gasteiger partial charge in [-0.1, -0.05) is 30.1 Å². The molecule has 2 rings (SSSR count). The van der Waals surface area contributed by atoms with Gasteiger partial charge in [-0.15, -0.1) is 0 Å². The van der Waals surface area contributed by atoms with Gasteiger partial charge >= 0.3 is 0 Å². The van der Waals surface area contributed by atoms with E-state index in [4.69, 9.17) is 23.2 Å². The van der Waals surface area contributed by atoms with Crippen molar-refractivity contribution in [2.75, 3.05) is 6.54 Å². The summed E-state index contributed by atoms with van der Waals surface area (Å²) >= 11 is 12.1. The molecular weight excluding hydrogens is 298 g/mol. The van der Waals surface area contributed by atoms with Gasteiger partial charge in [0.15, 0.2) is 0 Å². The van der Waals surface area contributed by atoms with Gasteiger partial charge in [-0.25, -0.2) is 4.39 Å². The van der Waals surface area contributed by atoms with Crippen LogP contribution in [0.1, 0.15) is 24.1 Å². The van der Waals surface area contributed by atoms with E-state index in [1.165, 1.54) is 6.07 Å². The maximum absolute atomic E-state index is 13.9. The minimum atomic E-state index is -0.262. The van der Waals surface area contributed by atoms with Gasteiger partial charge in [-0.2, -0.15) is 0 Å². The van der Waals surface area contributed by atoms with Gasteiger partial charge in [0, 0.05) is 23.5 Å². The van der Waals surface area contributed by atoms with Crippen LogP contribution in [0.5, 0.6) is 0 Å². The highest BCUT2D eigenvalue weighted by Gasteiger charge is 2.16. The molecular formula is C15H15Cl2FN2. The van der Waals surface area contributed by atoms with E-state index in [1.54, 1.807) is 24.5 Å². The Balaban J connectivity index is 2.30. The van der Waals surface area contributed by atoms with E-state index in [0.29, 0.717) is 22.0 Å². The van der Waals surface area contributed by atoms with E-state index in [1.807, 2.05) is 13.0 Å². The summed E-state index contributed by atoms with van der Waals surface area (Å²) < 4.78 is 13.9. The SMILES string of the molecule is CCNC(Cc1cc(Cl)ccc1F)c1ccncc1Cl. The Bertz CT molecular complexity index is 590. The number of rotatable bonds is 5.